The number of nitrogen functional groups attached to an aromatic ring is 1. The summed E-state index contributed by atoms with van der Waals surface area (Å²) in [5.74, 6) is 0.634. The summed E-state index contributed by atoms with van der Waals surface area (Å²) in [6.45, 7) is 2.63. The molecule has 4 heteroatoms. The highest BCUT2D eigenvalue weighted by atomic mass is 16.5. The summed E-state index contributed by atoms with van der Waals surface area (Å²) in [7, 11) is 3.51. The number of hydrogen-bond acceptors (Lipinski definition) is 4. The molecular formula is C18H22N2O2. The summed E-state index contributed by atoms with van der Waals surface area (Å²) in [6.07, 6.45) is 0. The van der Waals surface area contributed by atoms with Crippen LogP contribution in [0.5, 0.6) is 5.75 Å². The second kappa shape index (κ2) is 7.09. The Morgan fingerprint density at radius 2 is 1.91 bits per heavy atom. The molecule has 2 rings (SSSR count). The summed E-state index contributed by atoms with van der Waals surface area (Å²) in [4.78, 5) is 14.6. The summed E-state index contributed by atoms with van der Waals surface area (Å²) in [5.41, 5.74) is 8.14. The Balaban J connectivity index is 2.09. The number of nitrogens with zero attached hydrogens (tertiary/aromatic N) is 1. The number of ketones is 1. The van der Waals surface area contributed by atoms with Crippen molar-refractivity contribution in [1.82, 2.24) is 4.90 Å². The first-order chi connectivity index (χ1) is 10.5. The normalized spacial score (nSPS) is 12.2. The molecule has 4 nitrogen and oxygen atoms in total. The molecule has 0 radical (unpaired) electrons. The highest BCUT2D eigenvalue weighted by Crippen LogP contribution is 2.23. The van der Waals surface area contributed by atoms with Crippen LogP contribution < -0.4 is 10.5 Å². The van der Waals surface area contributed by atoms with Gasteiger partial charge in [-0.3, -0.25) is 9.69 Å². The first-order valence-electron chi connectivity index (χ1n) is 7.25. The van der Waals surface area contributed by atoms with Crippen molar-refractivity contribution in [1.29, 1.82) is 0 Å². The Morgan fingerprint density at radius 3 is 2.50 bits per heavy atom. The van der Waals surface area contributed by atoms with Gasteiger partial charge < -0.3 is 10.5 Å². The number of nitrogens with two attached hydrogens (primary N) is 1. The highest BCUT2D eigenvalue weighted by molar-refractivity contribution is 6.00. The Kier molecular flexibility index (Phi) is 5.17. The molecule has 116 valence electrons. The lowest BCUT2D eigenvalue weighted by Crippen LogP contribution is -2.35. The number of carbonyl (C=O) groups is 1. The topological polar surface area (TPSA) is 55.6 Å². The predicted molar refractivity (Wildman–Crippen MR) is 89.1 cm³/mol. The SMILES string of the molecule is COc1ccc(C(=O)C(C)N(C)Cc2ccccc2)cc1N. The van der Waals surface area contributed by atoms with Crippen molar-refractivity contribution in [3.63, 3.8) is 0 Å². The Labute approximate surface area is 131 Å². The molecule has 0 aromatic heterocycles. The lowest BCUT2D eigenvalue weighted by molar-refractivity contribution is 0.0862. The van der Waals surface area contributed by atoms with Crippen molar-refractivity contribution >= 4 is 11.5 Å². The van der Waals surface area contributed by atoms with Crippen LogP contribution in [0.3, 0.4) is 0 Å². The van der Waals surface area contributed by atoms with E-state index in [1.807, 2.05) is 37.1 Å². The van der Waals surface area contributed by atoms with Crippen LogP contribution >= 0.6 is 0 Å². The maximum atomic E-state index is 12.6. The third-order valence-electron chi connectivity index (χ3n) is 3.83. The van der Waals surface area contributed by atoms with Gasteiger partial charge in [0.15, 0.2) is 5.78 Å². The molecule has 1 atom stereocenters. The van der Waals surface area contributed by atoms with Crippen molar-refractivity contribution in [2.45, 2.75) is 19.5 Å². The molecule has 22 heavy (non-hydrogen) atoms. The fourth-order valence-corrected chi connectivity index (χ4v) is 2.34. The van der Waals surface area contributed by atoms with Crippen LogP contribution in [0.4, 0.5) is 5.69 Å². The minimum absolute atomic E-state index is 0.0489. The zero-order chi connectivity index (χ0) is 16.1. The van der Waals surface area contributed by atoms with Crippen molar-refractivity contribution in [3.05, 3.63) is 59.7 Å². The summed E-state index contributed by atoms with van der Waals surface area (Å²) in [5, 5.41) is 0. The Hall–Kier alpha value is -2.33. The smallest absolute Gasteiger partial charge is 0.179 e. The van der Waals surface area contributed by atoms with Crippen LogP contribution in [-0.2, 0) is 6.54 Å². The van der Waals surface area contributed by atoms with E-state index in [4.69, 9.17) is 10.5 Å². The minimum atomic E-state index is -0.229. The number of likely N-dealkylation sites (N-methyl/N-ethyl adjacent to an activating group) is 1. The van der Waals surface area contributed by atoms with E-state index in [0.717, 1.165) is 6.54 Å². The second-order valence-corrected chi connectivity index (χ2v) is 5.40. The standard InChI is InChI=1S/C18H22N2O2/c1-13(20(2)12-14-7-5-4-6-8-14)18(21)15-9-10-17(22-3)16(19)11-15/h4-11,13H,12,19H2,1-3H3. The van der Waals surface area contributed by atoms with Gasteiger partial charge in [0.05, 0.1) is 18.8 Å². The monoisotopic (exact) mass is 298 g/mol. The number of hydrogen-bond donors (Lipinski definition) is 1. The average molecular weight is 298 g/mol. The maximum absolute atomic E-state index is 12.6. The fraction of sp³-hybridized carbons (Fsp3) is 0.278. The molecule has 0 fully saturated rings. The van der Waals surface area contributed by atoms with Gasteiger partial charge in [-0.15, -0.1) is 0 Å². The van der Waals surface area contributed by atoms with Gasteiger partial charge in [0, 0.05) is 12.1 Å². The predicted octanol–water partition coefficient (Wildman–Crippen LogP) is 2.98. The van der Waals surface area contributed by atoms with Gasteiger partial charge in [-0.2, -0.15) is 0 Å². The molecule has 2 N–H and O–H groups in total. The molecule has 1 unspecified atom stereocenters. The van der Waals surface area contributed by atoms with Crippen molar-refractivity contribution in [3.8, 4) is 5.75 Å². The molecular weight excluding hydrogens is 276 g/mol. The van der Waals surface area contributed by atoms with Crippen LogP contribution in [0.2, 0.25) is 0 Å². The van der Waals surface area contributed by atoms with E-state index in [1.54, 1.807) is 25.3 Å². The number of methoxy groups -OCH3 is 1. The number of Topliss-reactive ketones (excluding diaryl/α,β-unsaturated/α-hetero) is 1. The molecule has 0 saturated carbocycles. The van der Waals surface area contributed by atoms with Gasteiger partial charge in [-0.1, -0.05) is 30.3 Å². The van der Waals surface area contributed by atoms with Crippen LogP contribution in [0, 0.1) is 0 Å². The molecule has 0 amide bonds. The summed E-state index contributed by atoms with van der Waals surface area (Å²) in [6, 6.07) is 15.0. The first kappa shape index (κ1) is 16.0. The lowest BCUT2D eigenvalue weighted by atomic mass is 10.0. The molecule has 0 saturated heterocycles. The molecule has 0 aliphatic carbocycles. The van der Waals surface area contributed by atoms with Gasteiger partial charge in [-0.25, -0.2) is 0 Å². The third kappa shape index (κ3) is 3.65. The zero-order valence-corrected chi connectivity index (χ0v) is 13.2. The molecule has 2 aromatic carbocycles. The van der Waals surface area contributed by atoms with Crippen LogP contribution in [0.1, 0.15) is 22.8 Å². The van der Waals surface area contributed by atoms with Crippen molar-refractivity contribution in [2.24, 2.45) is 0 Å². The fourth-order valence-electron chi connectivity index (χ4n) is 2.34. The lowest BCUT2D eigenvalue weighted by Gasteiger charge is -2.24. The summed E-state index contributed by atoms with van der Waals surface area (Å²) < 4.78 is 5.12. The number of benzene rings is 2. The molecule has 2 aromatic rings. The average Bonchev–Trinajstić information content (AvgIpc) is 2.54. The molecule has 0 bridgehead atoms. The first-order valence-corrected chi connectivity index (χ1v) is 7.25. The Bertz CT molecular complexity index is 641. The van der Waals surface area contributed by atoms with Gasteiger partial charge in [0.1, 0.15) is 5.75 Å². The van der Waals surface area contributed by atoms with E-state index in [9.17, 15) is 4.79 Å². The minimum Gasteiger partial charge on any atom is -0.495 e. The van der Waals surface area contributed by atoms with Gasteiger partial charge in [0.2, 0.25) is 0 Å². The quantitative estimate of drug-likeness (QED) is 0.658. The van der Waals surface area contributed by atoms with Gasteiger partial charge in [0.25, 0.3) is 0 Å². The van der Waals surface area contributed by atoms with E-state index in [-0.39, 0.29) is 11.8 Å². The van der Waals surface area contributed by atoms with Crippen molar-refractivity contribution < 1.29 is 9.53 Å². The maximum Gasteiger partial charge on any atom is 0.179 e. The van der Waals surface area contributed by atoms with Crippen LogP contribution in [0.15, 0.2) is 48.5 Å². The van der Waals surface area contributed by atoms with Crippen molar-refractivity contribution in [2.75, 3.05) is 19.9 Å². The van der Waals surface area contributed by atoms with E-state index in [2.05, 4.69) is 12.1 Å². The van der Waals surface area contributed by atoms with Crippen LogP contribution in [-0.4, -0.2) is 30.9 Å². The third-order valence-corrected chi connectivity index (χ3v) is 3.83. The van der Waals surface area contributed by atoms with E-state index < -0.39 is 0 Å². The van der Waals surface area contributed by atoms with E-state index in [1.165, 1.54) is 5.56 Å². The second-order valence-electron chi connectivity index (χ2n) is 5.40. The Morgan fingerprint density at radius 1 is 1.23 bits per heavy atom. The molecule has 0 aliphatic heterocycles. The zero-order valence-electron chi connectivity index (χ0n) is 13.2. The summed E-state index contributed by atoms with van der Waals surface area (Å²) >= 11 is 0. The van der Waals surface area contributed by atoms with E-state index in [0.29, 0.717) is 17.0 Å². The number of anilines is 1. The van der Waals surface area contributed by atoms with E-state index >= 15 is 0 Å². The number of rotatable bonds is 6. The van der Waals surface area contributed by atoms with Gasteiger partial charge in [-0.05, 0) is 37.7 Å². The van der Waals surface area contributed by atoms with Gasteiger partial charge >= 0.3 is 0 Å². The number of ether oxygens (including phenoxy) is 1. The molecule has 0 aliphatic rings. The molecule has 0 spiro atoms. The molecule has 0 heterocycles. The highest BCUT2D eigenvalue weighted by Gasteiger charge is 2.20. The largest absolute Gasteiger partial charge is 0.495 e. The van der Waals surface area contributed by atoms with Crippen LogP contribution in [0.25, 0.3) is 0 Å². The number of carbonyl (C=O) groups excluding carboxylic acids is 1.